The van der Waals surface area contributed by atoms with Crippen LogP contribution in [0.15, 0.2) is 35.4 Å². The Bertz CT molecular complexity index is 1370. The highest BCUT2D eigenvalue weighted by Crippen LogP contribution is 2.30. The molecule has 0 unspecified atom stereocenters. The Morgan fingerprint density at radius 2 is 1.90 bits per heavy atom. The summed E-state index contributed by atoms with van der Waals surface area (Å²) < 4.78 is 16.6. The number of amides is 1. The number of aromatic nitrogens is 4. The fraction of sp³-hybridized carbons (Fsp3) is 0.333. The molecule has 1 aliphatic heterocycles. The van der Waals surface area contributed by atoms with Crippen LogP contribution < -0.4 is 10.6 Å². The number of hydrogen-bond acceptors (Lipinski definition) is 6. The topological polar surface area (TPSA) is 75.7 Å². The highest BCUT2D eigenvalue weighted by molar-refractivity contribution is 7.18. The predicted molar refractivity (Wildman–Crippen MR) is 117 cm³/mol. The van der Waals surface area contributed by atoms with Gasteiger partial charge in [0.15, 0.2) is 5.65 Å². The lowest BCUT2D eigenvalue weighted by Gasteiger charge is -2.36. The Balaban J connectivity index is 1.35. The van der Waals surface area contributed by atoms with Gasteiger partial charge in [-0.05, 0) is 31.5 Å². The average molecular weight is 441 g/mol. The molecule has 5 rings (SSSR count). The third kappa shape index (κ3) is 3.27. The van der Waals surface area contributed by atoms with Crippen LogP contribution in [0.2, 0.25) is 0 Å². The molecule has 31 heavy (non-hydrogen) atoms. The molecule has 0 saturated carbocycles. The van der Waals surface area contributed by atoms with E-state index in [1.54, 1.807) is 34.4 Å². The van der Waals surface area contributed by atoms with Crippen molar-refractivity contribution in [3.8, 4) is 0 Å². The summed E-state index contributed by atoms with van der Waals surface area (Å²) in [4.78, 5) is 35.6. The lowest BCUT2D eigenvalue weighted by Crippen LogP contribution is -2.50. The maximum absolute atomic E-state index is 14.0. The number of anilines is 1. The molecule has 3 aromatic heterocycles. The van der Waals surface area contributed by atoms with E-state index in [1.807, 2.05) is 18.7 Å². The normalized spacial score (nSPS) is 14.7. The molecule has 1 fully saturated rings. The molecule has 4 aromatic rings. The molecule has 160 valence electrons. The van der Waals surface area contributed by atoms with Gasteiger partial charge in [-0.15, -0.1) is 16.4 Å². The van der Waals surface area contributed by atoms with E-state index in [2.05, 4.69) is 10.1 Å². The van der Waals surface area contributed by atoms with Crippen LogP contribution in [-0.4, -0.2) is 56.2 Å². The molecule has 1 aliphatic rings. The fourth-order valence-corrected chi connectivity index (χ4v) is 5.00. The van der Waals surface area contributed by atoms with Gasteiger partial charge in [-0.2, -0.15) is 0 Å². The summed E-state index contributed by atoms with van der Waals surface area (Å²) in [6, 6.07) is 6.64. The molecule has 0 radical (unpaired) electrons. The molecule has 1 saturated heterocycles. The molecular formula is C21H21FN6O2S. The highest BCUT2D eigenvalue weighted by Gasteiger charge is 2.24. The van der Waals surface area contributed by atoms with Crippen molar-refractivity contribution in [2.24, 2.45) is 0 Å². The summed E-state index contributed by atoms with van der Waals surface area (Å²) in [5.41, 5.74) is 1.73. The van der Waals surface area contributed by atoms with Crippen molar-refractivity contribution < 1.29 is 9.18 Å². The Morgan fingerprint density at radius 3 is 2.65 bits per heavy atom. The largest absolute Gasteiger partial charge is 0.366 e. The summed E-state index contributed by atoms with van der Waals surface area (Å²) in [6.07, 6.45) is 1.47. The number of carbonyl (C=O) groups is 1. The number of rotatable bonds is 3. The number of benzene rings is 1. The fourth-order valence-electron chi connectivity index (χ4n) is 4.00. The first kappa shape index (κ1) is 19.7. The quantitative estimate of drug-likeness (QED) is 0.488. The first-order valence-electron chi connectivity index (χ1n) is 10.0. The minimum absolute atomic E-state index is 0.135. The second-order valence-corrected chi connectivity index (χ2v) is 8.86. The first-order chi connectivity index (χ1) is 14.9. The number of aryl methyl sites for hydroxylation is 2. The number of carbonyl (C=O) groups excluding carboxylic acids is 1. The van der Waals surface area contributed by atoms with Gasteiger partial charge in [0.25, 0.3) is 0 Å². The summed E-state index contributed by atoms with van der Waals surface area (Å²) in [6.45, 7) is 5.85. The SMILES string of the molecule is Cc1sc2ncn3c(=O)n(CC(=O)N4CCN(c5ccccc5F)CC4)nc3c2c1C. The second-order valence-electron chi connectivity index (χ2n) is 7.66. The summed E-state index contributed by atoms with van der Waals surface area (Å²) >= 11 is 1.56. The van der Waals surface area contributed by atoms with Crippen LogP contribution in [0.25, 0.3) is 15.9 Å². The maximum Gasteiger partial charge on any atom is 0.352 e. The van der Waals surface area contributed by atoms with Crippen molar-refractivity contribution in [1.82, 2.24) is 24.1 Å². The Labute approximate surface area is 181 Å². The van der Waals surface area contributed by atoms with Crippen LogP contribution in [0.1, 0.15) is 10.4 Å². The van der Waals surface area contributed by atoms with Crippen LogP contribution in [0.3, 0.4) is 0 Å². The molecule has 8 nitrogen and oxygen atoms in total. The van der Waals surface area contributed by atoms with E-state index < -0.39 is 0 Å². The molecule has 10 heteroatoms. The van der Waals surface area contributed by atoms with Crippen LogP contribution in [0, 0.1) is 19.7 Å². The number of nitrogens with zero attached hydrogens (tertiary/aromatic N) is 6. The van der Waals surface area contributed by atoms with E-state index >= 15 is 0 Å². The number of piperazine rings is 1. The lowest BCUT2D eigenvalue weighted by molar-refractivity contribution is -0.132. The highest BCUT2D eigenvalue weighted by atomic mass is 32.1. The number of para-hydroxylation sites is 1. The Morgan fingerprint density at radius 1 is 1.16 bits per heavy atom. The molecule has 0 atom stereocenters. The van der Waals surface area contributed by atoms with Gasteiger partial charge < -0.3 is 9.80 Å². The number of thiophene rings is 1. The van der Waals surface area contributed by atoms with Gasteiger partial charge >= 0.3 is 5.69 Å². The summed E-state index contributed by atoms with van der Waals surface area (Å²) in [5.74, 6) is -0.446. The molecule has 0 spiro atoms. The van der Waals surface area contributed by atoms with Gasteiger partial charge in [0.05, 0.1) is 11.1 Å². The van der Waals surface area contributed by atoms with Gasteiger partial charge in [0, 0.05) is 31.1 Å². The maximum atomic E-state index is 14.0. The monoisotopic (exact) mass is 440 g/mol. The van der Waals surface area contributed by atoms with E-state index in [0.29, 0.717) is 37.5 Å². The van der Waals surface area contributed by atoms with E-state index in [1.165, 1.54) is 21.5 Å². The second kappa shape index (κ2) is 7.45. The van der Waals surface area contributed by atoms with Gasteiger partial charge in [-0.3, -0.25) is 4.79 Å². The van der Waals surface area contributed by atoms with Crippen LogP contribution in [0.5, 0.6) is 0 Å². The van der Waals surface area contributed by atoms with Crippen molar-refractivity contribution in [2.75, 3.05) is 31.1 Å². The lowest BCUT2D eigenvalue weighted by atomic mass is 10.2. The summed E-state index contributed by atoms with van der Waals surface area (Å²) in [7, 11) is 0. The van der Waals surface area contributed by atoms with Gasteiger partial charge in [0.2, 0.25) is 5.91 Å². The van der Waals surface area contributed by atoms with Crippen molar-refractivity contribution in [3.63, 3.8) is 0 Å². The van der Waals surface area contributed by atoms with Crippen molar-refractivity contribution >= 4 is 38.8 Å². The van der Waals surface area contributed by atoms with Gasteiger partial charge in [-0.25, -0.2) is 23.3 Å². The number of halogens is 1. The van der Waals surface area contributed by atoms with Crippen LogP contribution in [-0.2, 0) is 11.3 Å². The smallest absolute Gasteiger partial charge is 0.352 e. The molecule has 4 heterocycles. The standard InChI is InChI=1S/C21H21FN6O2S/c1-13-14(2)31-20-18(13)19-24-28(21(30)27(19)12-23-20)11-17(29)26-9-7-25(8-10-26)16-6-4-3-5-15(16)22/h3-6,12H,7-11H2,1-2H3. The van der Waals surface area contributed by atoms with Crippen LogP contribution >= 0.6 is 11.3 Å². The molecule has 0 aliphatic carbocycles. The molecular weight excluding hydrogens is 419 g/mol. The predicted octanol–water partition coefficient (Wildman–Crippen LogP) is 2.21. The zero-order valence-electron chi connectivity index (χ0n) is 17.2. The van der Waals surface area contributed by atoms with Gasteiger partial charge in [0.1, 0.15) is 23.5 Å². The van der Waals surface area contributed by atoms with Gasteiger partial charge in [-0.1, -0.05) is 12.1 Å². The molecule has 1 amide bonds. The summed E-state index contributed by atoms with van der Waals surface area (Å²) in [5, 5.41) is 5.30. The van der Waals surface area contributed by atoms with E-state index in [4.69, 9.17) is 0 Å². The molecule has 0 bridgehead atoms. The number of hydrogen-bond donors (Lipinski definition) is 0. The average Bonchev–Trinajstić information content (AvgIpc) is 3.24. The zero-order valence-corrected chi connectivity index (χ0v) is 18.0. The molecule has 1 aromatic carbocycles. The van der Waals surface area contributed by atoms with Crippen molar-refractivity contribution in [3.05, 3.63) is 57.3 Å². The van der Waals surface area contributed by atoms with E-state index in [0.717, 1.165) is 20.7 Å². The molecule has 0 N–H and O–H groups in total. The third-order valence-electron chi connectivity index (χ3n) is 5.86. The van der Waals surface area contributed by atoms with Crippen LogP contribution in [0.4, 0.5) is 10.1 Å². The Hall–Kier alpha value is -3.27. The number of fused-ring (bicyclic) bond motifs is 3. The van der Waals surface area contributed by atoms with E-state index in [9.17, 15) is 14.0 Å². The first-order valence-corrected chi connectivity index (χ1v) is 10.9. The minimum atomic E-state index is -0.383. The minimum Gasteiger partial charge on any atom is -0.366 e. The van der Waals surface area contributed by atoms with Crippen molar-refractivity contribution in [2.45, 2.75) is 20.4 Å². The Kier molecular flexibility index (Phi) is 4.73. The zero-order chi connectivity index (χ0) is 21.7. The van der Waals surface area contributed by atoms with E-state index in [-0.39, 0.29) is 24.0 Å². The van der Waals surface area contributed by atoms with Crippen molar-refractivity contribution in [1.29, 1.82) is 0 Å². The third-order valence-corrected chi connectivity index (χ3v) is 6.98.